The van der Waals surface area contributed by atoms with Crippen LogP contribution in [0.5, 0.6) is 0 Å². The molecule has 4 rings (SSSR count). The molecule has 8 atom stereocenters. The normalized spacial score (nSPS) is 63.8. The molecular weight excluding hydrogens is 184 g/mol. The van der Waals surface area contributed by atoms with Gasteiger partial charge < -0.3 is 4.79 Å². The predicted octanol–water partition coefficient (Wildman–Crippen LogP) is 2.53. The molecule has 3 fully saturated rings. The Morgan fingerprint density at radius 2 is 1.73 bits per heavy atom. The van der Waals surface area contributed by atoms with Crippen LogP contribution in [0.15, 0.2) is 12.2 Å². The summed E-state index contributed by atoms with van der Waals surface area (Å²) >= 11 is 0. The van der Waals surface area contributed by atoms with E-state index < -0.39 is 0 Å². The van der Waals surface area contributed by atoms with Crippen LogP contribution < -0.4 is 0 Å². The Hall–Kier alpha value is -0.590. The molecule has 0 amide bonds. The summed E-state index contributed by atoms with van der Waals surface area (Å²) in [7, 11) is 0. The van der Waals surface area contributed by atoms with Gasteiger partial charge in [0, 0.05) is 5.92 Å². The molecule has 1 heteroatoms. The van der Waals surface area contributed by atoms with Gasteiger partial charge in [0.15, 0.2) is 0 Å². The fourth-order valence-electron chi connectivity index (χ4n) is 5.61. The fraction of sp³-hybridized carbons (Fsp3) is 0.786. The van der Waals surface area contributed by atoms with Gasteiger partial charge >= 0.3 is 0 Å². The molecule has 1 nitrogen and oxygen atoms in total. The van der Waals surface area contributed by atoms with Gasteiger partial charge in [-0.25, -0.2) is 0 Å². The molecule has 0 aromatic carbocycles. The standard InChI is InChI=1S/C14H18O/c1-7-10-5-11(12(7)6-15)14-9-3-2-8(4-9)13(10)14/h2-3,6-14H,4-5H2,1H3/t7-,8+,9+,10-,11+,12-,13-,14-/m1/s1. The van der Waals surface area contributed by atoms with E-state index in [1.165, 1.54) is 19.1 Å². The summed E-state index contributed by atoms with van der Waals surface area (Å²) in [5.41, 5.74) is 0. The van der Waals surface area contributed by atoms with Crippen LogP contribution in [-0.4, -0.2) is 6.29 Å². The summed E-state index contributed by atoms with van der Waals surface area (Å²) in [4.78, 5) is 11.2. The molecule has 0 aliphatic heterocycles. The van der Waals surface area contributed by atoms with Crippen molar-refractivity contribution in [3.8, 4) is 0 Å². The van der Waals surface area contributed by atoms with Crippen molar-refractivity contribution in [3.63, 3.8) is 0 Å². The van der Waals surface area contributed by atoms with Crippen molar-refractivity contribution in [2.45, 2.75) is 19.8 Å². The van der Waals surface area contributed by atoms with E-state index in [1.54, 1.807) is 0 Å². The van der Waals surface area contributed by atoms with Gasteiger partial charge in [-0.2, -0.15) is 0 Å². The van der Waals surface area contributed by atoms with Gasteiger partial charge in [0.1, 0.15) is 6.29 Å². The molecular formula is C14H18O. The molecule has 0 N–H and O–H groups in total. The second-order valence-corrected chi connectivity index (χ2v) is 6.24. The number of allylic oxidation sites excluding steroid dienone is 2. The first-order valence-corrected chi connectivity index (χ1v) is 6.45. The molecule has 4 bridgehead atoms. The lowest BCUT2D eigenvalue weighted by Crippen LogP contribution is -2.36. The van der Waals surface area contributed by atoms with Gasteiger partial charge in [-0.3, -0.25) is 0 Å². The zero-order chi connectivity index (χ0) is 10.2. The lowest BCUT2D eigenvalue weighted by molar-refractivity contribution is -0.115. The topological polar surface area (TPSA) is 17.1 Å². The Kier molecular flexibility index (Phi) is 1.46. The maximum atomic E-state index is 11.2. The summed E-state index contributed by atoms with van der Waals surface area (Å²) in [5, 5.41) is 0. The minimum Gasteiger partial charge on any atom is -0.303 e. The highest BCUT2D eigenvalue weighted by atomic mass is 16.1. The lowest BCUT2D eigenvalue weighted by atomic mass is 9.66. The van der Waals surface area contributed by atoms with E-state index in [0.717, 1.165) is 35.5 Å². The van der Waals surface area contributed by atoms with Crippen LogP contribution in [0.25, 0.3) is 0 Å². The summed E-state index contributed by atoms with van der Waals surface area (Å²) < 4.78 is 0. The van der Waals surface area contributed by atoms with Crippen molar-refractivity contribution in [2.24, 2.45) is 47.3 Å². The Labute approximate surface area is 90.9 Å². The zero-order valence-electron chi connectivity index (χ0n) is 9.17. The van der Waals surface area contributed by atoms with E-state index in [9.17, 15) is 4.79 Å². The lowest BCUT2D eigenvalue weighted by Gasteiger charge is -2.38. The molecule has 0 spiro atoms. The van der Waals surface area contributed by atoms with E-state index >= 15 is 0 Å². The van der Waals surface area contributed by atoms with Crippen molar-refractivity contribution in [2.75, 3.05) is 0 Å². The second-order valence-electron chi connectivity index (χ2n) is 6.24. The summed E-state index contributed by atoms with van der Waals surface area (Å²) in [6.07, 6.45) is 8.94. The predicted molar refractivity (Wildman–Crippen MR) is 58.0 cm³/mol. The Bertz CT molecular complexity index is 345. The molecule has 0 saturated heterocycles. The van der Waals surface area contributed by atoms with E-state index in [2.05, 4.69) is 19.1 Å². The van der Waals surface area contributed by atoms with E-state index in [1.807, 2.05) is 0 Å². The van der Waals surface area contributed by atoms with Gasteiger partial charge in [0.05, 0.1) is 0 Å². The molecule has 0 heterocycles. The van der Waals surface area contributed by atoms with E-state index in [-0.39, 0.29) is 0 Å². The highest BCUT2D eigenvalue weighted by Gasteiger charge is 2.63. The first kappa shape index (κ1) is 8.55. The number of carbonyl (C=O) groups is 1. The smallest absolute Gasteiger partial charge is 0.123 e. The van der Waals surface area contributed by atoms with Crippen molar-refractivity contribution >= 4 is 6.29 Å². The van der Waals surface area contributed by atoms with Gasteiger partial charge in [-0.15, -0.1) is 0 Å². The Balaban J connectivity index is 1.76. The number of hydrogen-bond donors (Lipinski definition) is 0. The zero-order valence-corrected chi connectivity index (χ0v) is 9.17. The van der Waals surface area contributed by atoms with Crippen molar-refractivity contribution in [3.05, 3.63) is 12.2 Å². The molecule has 0 unspecified atom stereocenters. The van der Waals surface area contributed by atoms with Gasteiger partial charge in [-0.1, -0.05) is 19.1 Å². The monoisotopic (exact) mass is 202 g/mol. The third kappa shape index (κ3) is 0.811. The van der Waals surface area contributed by atoms with Crippen molar-refractivity contribution < 1.29 is 4.79 Å². The molecule has 0 radical (unpaired) electrons. The molecule has 4 aliphatic rings. The molecule has 15 heavy (non-hydrogen) atoms. The first-order valence-electron chi connectivity index (χ1n) is 6.45. The highest BCUT2D eigenvalue weighted by Crippen LogP contribution is 2.68. The summed E-state index contributed by atoms with van der Waals surface area (Å²) in [6.45, 7) is 2.32. The number of fused-ring (bicyclic) bond motifs is 9. The van der Waals surface area contributed by atoms with Gasteiger partial charge in [0.2, 0.25) is 0 Å². The number of rotatable bonds is 1. The minimum absolute atomic E-state index is 0.393. The number of hydrogen-bond acceptors (Lipinski definition) is 1. The Morgan fingerprint density at radius 1 is 1.07 bits per heavy atom. The summed E-state index contributed by atoms with van der Waals surface area (Å²) in [6, 6.07) is 0. The molecule has 3 saturated carbocycles. The molecule has 0 aromatic rings. The third-order valence-electron chi connectivity index (χ3n) is 6.05. The van der Waals surface area contributed by atoms with Crippen molar-refractivity contribution in [1.29, 1.82) is 0 Å². The summed E-state index contributed by atoms with van der Waals surface area (Å²) in [5.74, 6) is 6.23. The number of carbonyl (C=O) groups excluding carboxylic acids is 1. The minimum atomic E-state index is 0.393. The average Bonchev–Trinajstić information content (AvgIpc) is 2.94. The van der Waals surface area contributed by atoms with Crippen molar-refractivity contribution in [1.82, 2.24) is 0 Å². The van der Waals surface area contributed by atoms with Gasteiger partial charge in [-0.05, 0) is 54.3 Å². The van der Waals surface area contributed by atoms with Crippen LogP contribution in [0.4, 0.5) is 0 Å². The second kappa shape index (κ2) is 2.56. The third-order valence-corrected chi connectivity index (χ3v) is 6.05. The SMILES string of the molecule is C[C@H]1[C@@H](C=O)[C@@H]2C[C@H]1[C@@H]1[C@@H]2[C@H]2C=C[C@H]1C2. The largest absolute Gasteiger partial charge is 0.303 e. The van der Waals surface area contributed by atoms with Crippen LogP contribution in [-0.2, 0) is 4.79 Å². The maximum absolute atomic E-state index is 11.2. The quantitative estimate of drug-likeness (QED) is 0.363. The molecule has 80 valence electrons. The molecule has 4 aliphatic carbocycles. The van der Waals surface area contributed by atoms with Gasteiger partial charge in [0.25, 0.3) is 0 Å². The molecule has 0 aromatic heterocycles. The number of aldehydes is 1. The van der Waals surface area contributed by atoms with Crippen LogP contribution in [0.3, 0.4) is 0 Å². The first-order chi connectivity index (χ1) is 7.31. The van der Waals surface area contributed by atoms with Crippen LogP contribution in [0, 0.1) is 47.3 Å². The van der Waals surface area contributed by atoms with Crippen LogP contribution in [0.1, 0.15) is 19.8 Å². The van der Waals surface area contributed by atoms with Crippen LogP contribution >= 0.6 is 0 Å². The van der Waals surface area contributed by atoms with Crippen LogP contribution in [0.2, 0.25) is 0 Å². The van der Waals surface area contributed by atoms with E-state index in [4.69, 9.17) is 0 Å². The average molecular weight is 202 g/mol. The maximum Gasteiger partial charge on any atom is 0.123 e. The fourth-order valence-corrected chi connectivity index (χ4v) is 5.61. The highest BCUT2D eigenvalue weighted by molar-refractivity contribution is 5.56. The van der Waals surface area contributed by atoms with E-state index in [0.29, 0.717) is 11.8 Å². The Morgan fingerprint density at radius 3 is 2.40 bits per heavy atom.